The quantitative estimate of drug-likeness (QED) is 0.811. The largest absolute Gasteiger partial charge is 0.357 e. The minimum absolute atomic E-state index is 0.0741. The van der Waals surface area contributed by atoms with Gasteiger partial charge in [-0.2, -0.15) is 5.10 Å². The van der Waals surface area contributed by atoms with Crippen LogP contribution < -0.4 is 4.90 Å². The highest BCUT2D eigenvalue weighted by Crippen LogP contribution is 2.22. The van der Waals surface area contributed by atoms with Crippen LogP contribution in [0.5, 0.6) is 0 Å². The van der Waals surface area contributed by atoms with E-state index in [0.29, 0.717) is 5.56 Å². The Labute approximate surface area is 149 Å². The van der Waals surface area contributed by atoms with E-state index in [0.717, 1.165) is 50.4 Å². The zero-order valence-corrected chi connectivity index (χ0v) is 15.4. The van der Waals surface area contributed by atoms with Crippen LogP contribution in [0.4, 0.5) is 5.82 Å². The molecule has 25 heavy (non-hydrogen) atoms. The highest BCUT2D eigenvalue weighted by molar-refractivity contribution is 5.94. The Morgan fingerprint density at radius 3 is 2.68 bits per heavy atom. The Bertz CT molecular complexity index is 705. The summed E-state index contributed by atoms with van der Waals surface area (Å²) in [4.78, 5) is 21.6. The summed E-state index contributed by atoms with van der Waals surface area (Å²) < 4.78 is 1.94. The van der Waals surface area contributed by atoms with Crippen LogP contribution in [-0.4, -0.2) is 51.2 Å². The van der Waals surface area contributed by atoms with E-state index in [9.17, 15) is 4.79 Å². The maximum absolute atomic E-state index is 12.9. The molecule has 0 spiro atoms. The predicted molar refractivity (Wildman–Crippen MR) is 98.8 cm³/mol. The summed E-state index contributed by atoms with van der Waals surface area (Å²) in [6.45, 7) is 9.63. The second-order valence-electron chi connectivity index (χ2n) is 6.61. The molecular weight excluding hydrogens is 314 g/mol. The third-order valence-electron chi connectivity index (χ3n) is 4.88. The molecule has 6 nitrogen and oxygen atoms in total. The van der Waals surface area contributed by atoms with Crippen LogP contribution >= 0.6 is 0 Å². The Morgan fingerprint density at radius 1 is 1.28 bits per heavy atom. The molecule has 2 aromatic heterocycles. The lowest BCUT2D eigenvalue weighted by atomic mass is 10.2. The van der Waals surface area contributed by atoms with Gasteiger partial charge in [0.1, 0.15) is 5.82 Å². The number of carbonyl (C=O) groups is 1. The van der Waals surface area contributed by atoms with Crippen molar-refractivity contribution in [1.82, 2.24) is 19.7 Å². The lowest BCUT2D eigenvalue weighted by molar-refractivity contribution is 0.0721. The van der Waals surface area contributed by atoms with E-state index in [1.54, 1.807) is 6.20 Å². The minimum Gasteiger partial charge on any atom is -0.357 e. The van der Waals surface area contributed by atoms with Gasteiger partial charge in [0.05, 0.1) is 24.3 Å². The van der Waals surface area contributed by atoms with Crippen molar-refractivity contribution < 1.29 is 4.79 Å². The fourth-order valence-electron chi connectivity index (χ4n) is 3.49. The molecule has 0 unspecified atom stereocenters. The van der Waals surface area contributed by atoms with Gasteiger partial charge in [0.25, 0.3) is 5.91 Å². The number of carbonyl (C=O) groups excluding carboxylic acids is 1. The summed E-state index contributed by atoms with van der Waals surface area (Å²) in [5, 5.41) is 4.36. The molecule has 0 aliphatic carbocycles. The summed E-state index contributed by atoms with van der Waals surface area (Å²) in [5.74, 6) is 0.997. The lowest BCUT2D eigenvalue weighted by Gasteiger charge is -2.25. The summed E-state index contributed by atoms with van der Waals surface area (Å²) in [7, 11) is 0. The van der Waals surface area contributed by atoms with Crippen LogP contribution in [-0.2, 0) is 6.54 Å². The van der Waals surface area contributed by atoms with Crippen LogP contribution in [0.15, 0.2) is 30.7 Å². The van der Waals surface area contributed by atoms with Gasteiger partial charge >= 0.3 is 0 Å². The molecule has 134 valence electrons. The molecule has 0 saturated carbocycles. The van der Waals surface area contributed by atoms with Crippen molar-refractivity contribution in [3.8, 4) is 0 Å². The van der Waals surface area contributed by atoms with Crippen LogP contribution in [0.2, 0.25) is 0 Å². The Kier molecular flexibility index (Phi) is 5.36. The van der Waals surface area contributed by atoms with Gasteiger partial charge in [-0.3, -0.25) is 9.48 Å². The molecule has 0 bridgehead atoms. The maximum atomic E-state index is 12.9. The van der Waals surface area contributed by atoms with Crippen LogP contribution in [0.1, 0.15) is 42.6 Å². The first-order chi connectivity index (χ1) is 12.1. The van der Waals surface area contributed by atoms with Gasteiger partial charge < -0.3 is 9.80 Å². The standard InChI is InChI=1S/C19H27N5O/c1-4-22(5-2)18-9-8-16(12-20-18)19(25)24-10-6-7-17(24)14-23-13-15(3)11-21-23/h8-9,11-13,17H,4-7,10,14H2,1-3H3/t17-/m0/s1. The zero-order valence-electron chi connectivity index (χ0n) is 15.4. The van der Waals surface area contributed by atoms with Crippen LogP contribution in [0.3, 0.4) is 0 Å². The second-order valence-corrected chi connectivity index (χ2v) is 6.61. The SMILES string of the molecule is CCN(CC)c1ccc(C(=O)N2CCC[C@H]2Cn2cc(C)cn2)cn1. The van der Waals surface area contributed by atoms with E-state index < -0.39 is 0 Å². The number of aromatic nitrogens is 3. The van der Waals surface area contributed by atoms with Gasteiger partial charge in [-0.25, -0.2) is 4.98 Å². The number of anilines is 1. The van der Waals surface area contributed by atoms with E-state index in [1.165, 1.54) is 0 Å². The zero-order chi connectivity index (χ0) is 17.8. The fourth-order valence-corrected chi connectivity index (χ4v) is 3.49. The monoisotopic (exact) mass is 341 g/mol. The van der Waals surface area contributed by atoms with Crippen molar-refractivity contribution in [2.24, 2.45) is 0 Å². The fraction of sp³-hybridized carbons (Fsp3) is 0.526. The van der Waals surface area contributed by atoms with Crippen molar-refractivity contribution in [2.45, 2.75) is 46.2 Å². The van der Waals surface area contributed by atoms with Gasteiger partial charge in [-0.15, -0.1) is 0 Å². The number of nitrogens with zero attached hydrogens (tertiary/aromatic N) is 5. The summed E-state index contributed by atoms with van der Waals surface area (Å²) in [6.07, 6.45) is 7.67. The minimum atomic E-state index is 0.0741. The summed E-state index contributed by atoms with van der Waals surface area (Å²) >= 11 is 0. The number of aryl methyl sites for hydroxylation is 1. The van der Waals surface area contributed by atoms with Crippen molar-refractivity contribution in [3.63, 3.8) is 0 Å². The molecule has 1 fully saturated rings. The third-order valence-corrected chi connectivity index (χ3v) is 4.88. The van der Waals surface area contributed by atoms with E-state index in [2.05, 4.69) is 28.8 Å². The summed E-state index contributed by atoms with van der Waals surface area (Å²) in [5.41, 5.74) is 1.81. The van der Waals surface area contributed by atoms with Gasteiger partial charge in [-0.1, -0.05) is 0 Å². The molecule has 0 N–H and O–H groups in total. The topological polar surface area (TPSA) is 54.3 Å². The molecule has 3 rings (SSSR count). The third kappa shape index (κ3) is 3.83. The highest BCUT2D eigenvalue weighted by Gasteiger charge is 2.30. The molecule has 6 heteroatoms. The van der Waals surface area contributed by atoms with Crippen LogP contribution in [0.25, 0.3) is 0 Å². The Hall–Kier alpha value is -2.37. The van der Waals surface area contributed by atoms with Gasteiger partial charge in [0.15, 0.2) is 0 Å². The first-order valence-electron chi connectivity index (χ1n) is 9.13. The molecule has 1 atom stereocenters. The second kappa shape index (κ2) is 7.68. The van der Waals surface area contributed by atoms with Gasteiger partial charge in [0, 0.05) is 32.0 Å². The van der Waals surface area contributed by atoms with Crippen molar-refractivity contribution in [3.05, 3.63) is 41.9 Å². The van der Waals surface area contributed by atoms with E-state index in [4.69, 9.17) is 0 Å². The van der Waals surface area contributed by atoms with E-state index in [-0.39, 0.29) is 11.9 Å². The van der Waals surface area contributed by atoms with Crippen molar-refractivity contribution in [2.75, 3.05) is 24.5 Å². The molecule has 3 heterocycles. The molecule has 1 aliphatic rings. The average molecular weight is 341 g/mol. The molecule has 2 aromatic rings. The van der Waals surface area contributed by atoms with E-state index in [1.807, 2.05) is 41.0 Å². The lowest BCUT2D eigenvalue weighted by Crippen LogP contribution is -2.38. The van der Waals surface area contributed by atoms with Gasteiger partial charge in [0.2, 0.25) is 0 Å². The molecule has 1 aliphatic heterocycles. The number of likely N-dealkylation sites (tertiary alicyclic amines) is 1. The normalized spacial score (nSPS) is 17.1. The number of pyridine rings is 1. The highest BCUT2D eigenvalue weighted by atomic mass is 16.2. The average Bonchev–Trinajstić information content (AvgIpc) is 3.25. The first kappa shape index (κ1) is 17.5. The van der Waals surface area contributed by atoms with Gasteiger partial charge in [-0.05, 0) is 51.3 Å². The first-order valence-corrected chi connectivity index (χ1v) is 9.13. The maximum Gasteiger partial charge on any atom is 0.255 e. The van der Waals surface area contributed by atoms with Crippen molar-refractivity contribution in [1.29, 1.82) is 0 Å². The van der Waals surface area contributed by atoms with E-state index >= 15 is 0 Å². The molecule has 1 amide bonds. The predicted octanol–water partition coefficient (Wildman–Crippen LogP) is 2.74. The molecular formula is C19H27N5O. The molecule has 0 aromatic carbocycles. The van der Waals surface area contributed by atoms with Crippen LogP contribution in [0, 0.1) is 6.92 Å². The summed E-state index contributed by atoms with van der Waals surface area (Å²) in [6, 6.07) is 4.05. The Balaban J connectivity index is 1.70. The molecule has 0 radical (unpaired) electrons. The molecule has 1 saturated heterocycles. The number of amides is 1. The number of hydrogen-bond donors (Lipinski definition) is 0. The number of hydrogen-bond acceptors (Lipinski definition) is 4. The smallest absolute Gasteiger partial charge is 0.255 e. The number of rotatable bonds is 6. The van der Waals surface area contributed by atoms with Crippen molar-refractivity contribution >= 4 is 11.7 Å². The Morgan fingerprint density at radius 2 is 2.08 bits per heavy atom.